The molecule has 0 bridgehead atoms. The first-order chi connectivity index (χ1) is 7.24. The normalized spacial score (nSPS) is 12.1. The molecular formula is C10H17N3O2S. The Morgan fingerprint density at radius 1 is 1.19 bits per heavy atom. The first kappa shape index (κ1) is 13.0. The van der Waals surface area contributed by atoms with Gasteiger partial charge in [0.15, 0.2) is 0 Å². The number of nitrogen functional groups attached to an aromatic ring is 1. The van der Waals surface area contributed by atoms with Crippen LogP contribution in [-0.2, 0) is 10.0 Å². The number of benzene rings is 1. The topological polar surface area (TPSA) is 75.4 Å². The smallest absolute Gasteiger partial charge is 0.253 e. The molecule has 1 rings (SSSR count). The van der Waals surface area contributed by atoms with Crippen molar-refractivity contribution >= 4 is 15.7 Å². The van der Waals surface area contributed by atoms with E-state index in [2.05, 4.69) is 4.83 Å². The molecule has 0 aliphatic rings. The Kier molecular flexibility index (Phi) is 3.57. The zero-order valence-corrected chi connectivity index (χ0v) is 10.7. The van der Waals surface area contributed by atoms with Crippen LogP contribution >= 0.6 is 0 Å². The molecule has 0 amide bonds. The SMILES string of the molecule is Cc1cc(N)cc(C)c1S(=O)(=O)NN(C)C. The van der Waals surface area contributed by atoms with E-state index < -0.39 is 10.0 Å². The third-order valence-corrected chi connectivity index (χ3v) is 3.84. The summed E-state index contributed by atoms with van der Waals surface area (Å²) in [5.41, 5.74) is 7.51. The number of hydrazine groups is 1. The third kappa shape index (κ3) is 2.72. The lowest BCUT2D eigenvalue weighted by atomic mass is 10.1. The summed E-state index contributed by atoms with van der Waals surface area (Å²) in [7, 11) is -0.268. The van der Waals surface area contributed by atoms with Crippen LogP contribution in [0.5, 0.6) is 0 Å². The minimum Gasteiger partial charge on any atom is -0.399 e. The van der Waals surface area contributed by atoms with E-state index in [1.807, 2.05) is 0 Å². The summed E-state index contributed by atoms with van der Waals surface area (Å²) in [5, 5.41) is 1.39. The molecule has 1 aromatic rings. The number of hydrogen-bond acceptors (Lipinski definition) is 4. The van der Waals surface area contributed by atoms with Crippen molar-refractivity contribution in [3.05, 3.63) is 23.3 Å². The van der Waals surface area contributed by atoms with Gasteiger partial charge >= 0.3 is 0 Å². The number of aryl methyl sites for hydroxylation is 2. The van der Waals surface area contributed by atoms with Crippen LogP contribution in [0.1, 0.15) is 11.1 Å². The maximum atomic E-state index is 12.0. The van der Waals surface area contributed by atoms with E-state index in [1.54, 1.807) is 40.1 Å². The molecule has 0 fully saturated rings. The third-order valence-electron chi connectivity index (χ3n) is 2.05. The number of hydrogen-bond donors (Lipinski definition) is 2. The predicted molar refractivity (Wildman–Crippen MR) is 64.3 cm³/mol. The van der Waals surface area contributed by atoms with Crippen molar-refractivity contribution in [3.63, 3.8) is 0 Å². The Labute approximate surface area is 96.3 Å². The van der Waals surface area contributed by atoms with Gasteiger partial charge in [-0.2, -0.15) is 0 Å². The van der Waals surface area contributed by atoms with E-state index in [0.29, 0.717) is 16.8 Å². The number of nitrogens with zero attached hydrogens (tertiary/aromatic N) is 1. The molecule has 0 aliphatic carbocycles. The molecule has 3 N–H and O–H groups in total. The molecule has 0 atom stereocenters. The number of anilines is 1. The van der Waals surface area contributed by atoms with Gasteiger partial charge < -0.3 is 5.73 Å². The van der Waals surface area contributed by atoms with Crippen molar-refractivity contribution < 1.29 is 8.42 Å². The summed E-state index contributed by atoms with van der Waals surface area (Å²) < 4.78 is 24.0. The van der Waals surface area contributed by atoms with Crippen molar-refractivity contribution in [1.29, 1.82) is 0 Å². The van der Waals surface area contributed by atoms with Crippen LogP contribution in [0.4, 0.5) is 5.69 Å². The highest BCUT2D eigenvalue weighted by Gasteiger charge is 2.20. The lowest BCUT2D eigenvalue weighted by Gasteiger charge is -2.16. The molecule has 0 saturated heterocycles. The van der Waals surface area contributed by atoms with E-state index in [4.69, 9.17) is 5.73 Å². The zero-order valence-electron chi connectivity index (χ0n) is 9.90. The molecule has 6 heteroatoms. The van der Waals surface area contributed by atoms with Gasteiger partial charge in [0.05, 0.1) is 4.90 Å². The van der Waals surface area contributed by atoms with Crippen molar-refractivity contribution in [2.45, 2.75) is 18.7 Å². The molecular weight excluding hydrogens is 226 g/mol. The second-order valence-corrected chi connectivity index (χ2v) is 5.57. The number of rotatable bonds is 3. The summed E-state index contributed by atoms with van der Waals surface area (Å²) in [6.07, 6.45) is 0. The number of nitrogens with one attached hydrogen (secondary N) is 1. The molecule has 0 heterocycles. The van der Waals surface area contributed by atoms with Gasteiger partial charge in [-0.05, 0) is 37.1 Å². The molecule has 0 radical (unpaired) electrons. The van der Waals surface area contributed by atoms with Crippen LogP contribution in [0.15, 0.2) is 17.0 Å². The van der Waals surface area contributed by atoms with Gasteiger partial charge in [0.2, 0.25) is 0 Å². The van der Waals surface area contributed by atoms with E-state index in [-0.39, 0.29) is 4.90 Å². The highest BCUT2D eigenvalue weighted by atomic mass is 32.2. The van der Waals surface area contributed by atoms with Gasteiger partial charge in [-0.25, -0.2) is 13.4 Å². The molecule has 0 saturated carbocycles. The van der Waals surface area contributed by atoms with Crippen LogP contribution in [0.2, 0.25) is 0 Å². The van der Waals surface area contributed by atoms with Crippen molar-refractivity contribution in [3.8, 4) is 0 Å². The van der Waals surface area contributed by atoms with Gasteiger partial charge in [0.25, 0.3) is 10.0 Å². The van der Waals surface area contributed by atoms with Crippen LogP contribution in [0.25, 0.3) is 0 Å². The molecule has 0 spiro atoms. The Morgan fingerprint density at radius 3 is 2.00 bits per heavy atom. The quantitative estimate of drug-likeness (QED) is 0.603. The molecule has 0 unspecified atom stereocenters. The second kappa shape index (κ2) is 4.40. The van der Waals surface area contributed by atoms with Gasteiger partial charge in [0, 0.05) is 19.8 Å². The molecule has 0 aliphatic heterocycles. The predicted octanol–water partition coefficient (Wildman–Crippen LogP) is 0.641. The van der Waals surface area contributed by atoms with Crippen molar-refractivity contribution in [1.82, 2.24) is 9.84 Å². The van der Waals surface area contributed by atoms with Gasteiger partial charge in [0.1, 0.15) is 0 Å². The van der Waals surface area contributed by atoms with Crippen molar-refractivity contribution in [2.24, 2.45) is 0 Å². The number of sulfonamides is 1. The summed E-state index contributed by atoms with van der Waals surface area (Å²) in [4.78, 5) is 2.69. The Hall–Kier alpha value is -1.11. The lowest BCUT2D eigenvalue weighted by Crippen LogP contribution is -2.36. The van der Waals surface area contributed by atoms with Gasteiger partial charge in [-0.1, -0.05) is 0 Å². The Bertz CT molecular complexity index is 472. The van der Waals surface area contributed by atoms with E-state index >= 15 is 0 Å². The monoisotopic (exact) mass is 243 g/mol. The average molecular weight is 243 g/mol. The van der Waals surface area contributed by atoms with Gasteiger partial charge in [-0.3, -0.25) is 0 Å². The second-order valence-electron chi connectivity index (χ2n) is 3.97. The minimum atomic E-state index is -3.52. The largest absolute Gasteiger partial charge is 0.399 e. The highest BCUT2D eigenvalue weighted by Crippen LogP contribution is 2.22. The van der Waals surface area contributed by atoms with Gasteiger partial charge in [-0.15, -0.1) is 4.83 Å². The summed E-state index contributed by atoms with van der Waals surface area (Å²) >= 11 is 0. The Balaban J connectivity index is 3.34. The fraction of sp³-hybridized carbons (Fsp3) is 0.400. The lowest BCUT2D eigenvalue weighted by molar-refractivity contribution is 0.363. The summed E-state index contributed by atoms with van der Waals surface area (Å²) in [6.45, 7) is 3.46. The Morgan fingerprint density at radius 2 is 1.62 bits per heavy atom. The van der Waals surface area contributed by atoms with Crippen LogP contribution in [0, 0.1) is 13.8 Å². The van der Waals surface area contributed by atoms with Crippen molar-refractivity contribution in [2.75, 3.05) is 19.8 Å². The fourth-order valence-corrected chi connectivity index (χ4v) is 3.23. The van der Waals surface area contributed by atoms with E-state index in [1.165, 1.54) is 5.01 Å². The fourth-order valence-electron chi connectivity index (χ4n) is 1.69. The molecule has 16 heavy (non-hydrogen) atoms. The first-order valence-corrected chi connectivity index (χ1v) is 6.29. The minimum absolute atomic E-state index is 0.287. The average Bonchev–Trinajstić information content (AvgIpc) is 1.96. The first-order valence-electron chi connectivity index (χ1n) is 4.80. The number of nitrogens with two attached hydrogens (primary N) is 1. The van der Waals surface area contributed by atoms with E-state index in [0.717, 1.165) is 0 Å². The highest BCUT2D eigenvalue weighted by molar-refractivity contribution is 7.89. The molecule has 0 aromatic heterocycles. The molecule has 90 valence electrons. The summed E-state index contributed by atoms with van der Waals surface area (Å²) in [6, 6.07) is 3.30. The maximum Gasteiger partial charge on any atom is 0.253 e. The maximum absolute atomic E-state index is 12.0. The van der Waals surface area contributed by atoms with Crippen LogP contribution in [0.3, 0.4) is 0 Å². The zero-order chi connectivity index (χ0) is 12.5. The van der Waals surface area contributed by atoms with Crippen LogP contribution < -0.4 is 10.6 Å². The summed E-state index contributed by atoms with van der Waals surface area (Å²) in [5.74, 6) is 0. The standard InChI is InChI=1S/C10H17N3O2S/c1-7-5-9(11)6-8(2)10(7)16(14,15)12-13(3)4/h5-6,12H,11H2,1-4H3. The molecule has 1 aromatic carbocycles. The molecule has 5 nitrogen and oxygen atoms in total. The van der Waals surface area contributed by atoms with Crippen LogP contribution in [-0.4, -0.2) is 27.5 Å². The van der Waals surface area contributed by atoms with E-state index in [9.17, 15) is 8.42 Å².